The van der Waals surface area contributed by atoms with Crippen LogP contribution in [-0.2, 0) is 23.1 Å². The van der Waals surface area contributed by atoms with Crippen molar-refractivity contribution >= 4 is 37.3 Å². The third-order valence-electron chi connectivity index (χ3n) is 2.76. The number of hydrogen-bond donors (Lipinski definition) is 2. The number of nitrogens with one attached hydrogen (secondary N) is 2. The molecule has 0 atom stereocenters. The van der Waals surface area contributed by atoms with Crippen LogP contribution in [0.1, 0.15) is 10.4 Å². The standard InChI is InChI=1S/C13H14BrFN2O2S2/c1-16-8-10-6-12(13(14)20-10)21(18,19)17-7-9-4-2-3-5-11(9)15/h2-6,16-17H,7-8H2,1H3. The van der Waals surface area contributed by atoms with Crippen LogP contribution in [0.3, 0.4) is 0 Å². The highest BCUT2D eigenvalue weighted by Gasteiger charge is 2.21. The lowest BCUT2D eigenvalue weighted by Gasteiger charge is -2.06. The lowest BCUT2D eigenvalue weighted by atomic mass is 10.2. The molecule has 8 heteroatoms. The average Bonchev–Trinajstić information content (AvgIpc) is 2.80. The van der Waals surface area contributed by atoms with E-state index in [1.165, 1.54) is 17.4 Å². The van der Waals surface area contributed by atoms with Crippen molar-refractivity contribution < 1.29 is 12.8 Å². The summed E-state index contributed by atoms with van der Waals surface area (Å²) in [6, 6.07) is 7.68. The number of hydrogen-bond acceptors (Lipinski definition) is 4. The summed E-state index contributed by atoms with van der Waals surface area (Å²) in [6.07, 6.45) is 0. The van der Waals surface area contributed by atoms with E-state index in [9.17, 15) is 12.8 Å². The first-order valence-corrected chi connectivity index (χ1v) is 9.19. The number of sulfonamides is 1. The summed E-state index contributed by atoms with van der Waals surface area (Å²) in [5.74, 6) is -0.430. The summed E-state index contributed by atoms with van der Waals surface area (Å²) < 4.78 is 41.0. The van der Waals surface area contributed by atoms with Crippen LogP contribution < -0.4 is 10.0 Å². The van der Waals surface area contributed by atoms with Crippen molar-refractivity contribution in [1.29, 1.82) is 0 Å². The maximum atomic E-state index is 13.5. The molecule has 0 spiro atoms. The Labute approximate surface area is 135 Å². The minimum atomic E-state index is -3.68. The molecule has 1 aromatic carbocycles. The largest absolute Gasteiger partial charge is 0.315 e. The quantitative estimate of drug-likeness (QED) is 0.794. The fraction of sp³-hybridized carbons (Fsp3) is 0.231. The van der Waals surface area contributed by atoms with E-state index in [1.54, 1.807) is 31.3 Å². The molecule has 0 saturated carbocycles. The fourth-order valence-electron chi connectivity index (χ4n) is 1.73. The van der Waals surface area contributed by atoms with Crippen molar-refractivity contribution in [3.05, 3.63) is 50.4 Å². The first kappa shape index (κ1) is 16.6. The van der Waals surface area contributed by atoms with Crippen LogP contribution in [0.4, 0.5) is 4.39 Å². The van der Waals surface area contributed by atoms with Crippen molar-refractivity contribution in [2.75, 3.05) is 7.05 Å². The predicted octanol–water partition coefficient (Wildman–Crippen LogP) is 2.85. The topological polar surface area (TPSA) is 58.2 Å². The Kier molecular flexibility index (Phi) is 5.50. The van der Waals surface area contributed by atoms with E-state index in [4.69, 9.17) is 0 Å². The van der Waals surface area contributed by atoms with Crippen molar-refractivity contribution in [2.24, 2.45) is 0 Å². The van der Waals surface area contributed by atoms with Crippen molar-refractivity contribution in [3.8, 4) is 0 Å². The summed E-state index contributed by atoms with van der Waals surface area (Å²) >= 11 is 4.61. The molecule has 0 aliphatic heterocycles. The zero-order valence-corrected chi connectivity index (χ0v) is 14.4. The van der Waals surface area contributed by atoms with E-state index >= 15 is 0 Å². The lowest BCUT2D eigenvalue weighted by Crippen LogP contribution is -2.23. The molecule has 0 radical (unpaired) electrons. The fourth-order valence-corrected chi connectivity index (χ4v) is 5.43. The minimum absolute atomic E-state index is 0.0847. The maximum absolute atomic E-state index is 13.5. The predicted molar refractivity (Wildman–Crippen MR) is 85.2 cm³/mol. The van der Waals surface area contributed by atoms with Gasteiger partial charge >= 0.3 is 0 Å². The normalized spacial score (nSPS) is 11.8. The van der Waals surface area contributed by atoms with Gasteiger partial charge in [0.1, 0.15) is 10.7 Å². The molecule has 0 saturated heterocycles. The van der Waals surface area contributed by atoms with Crippen LogP contribution in [0.25, 0.3) is 0 Å². The summed E-state index contributed by atoms with van der Waals surface area (Å²) in [7, 11) is -1.89. The van der Waals surface area contributed by atoms with E-state index in [0.717, 1.165) is 4.88 Å². The second-order valence-electron chi connectivity index (χ2n) is 4.30. The van der Waals surface area contributed by atoms with E-state index < -0.39 is 15.8 Å². The SMILES string of the molecule is CNCc1cc(S(=O)(=O)NCc2ccccc2F)c(Br)s1. The van der Waals surface area contributed by atoms with Crippen LogP contribution in [0.15, 0.2) is 39.0 Å². The Morgan fingerprint density at radius 3 is 2.67 bits per heavy atom. The number of rotatable bonds is 6. The van der Waals surface area contributed by atoms with Gasteiger partial charge in [0.25, 0.3) is 0 Å². The highest BCUT2D eigenvalue weighted by atomic mass is 79.9. The molecule has 1 heterocycles. The van der Waals surface area contributed by atoms with Crippen LogP contribution >= 0.6 is 27.3 Å². The zero-order chi connectivity index (χ0) is 15.5. The van der Waals surface area contributed by atoms with Gasteiger partial charge < -0.3 is 5.32 Å². The van der Waals surface area contributed by atoms with Gasteiger partial charge in [0, 0.05) is 23.5 Å². The third-order valence-corrected chi connectivity index (χ3v) is 6.41. The maximum Gasteiger partial charge on any atom is 0.242 e. The molecular formula is C13H14BrFN2O2S2. The van der Waals surface area contributed by atoms with Crippen LogP contribution in [-0.4, -0.2) is 15.5 Å². The summed E-state index contributed by atoms with van der Waals surface area (Å²) in [6.45, 7) is 0.505. The van der Waals surface area contributed by atoms with Gasteiger partial charge in [0.2, 0.25) is 10.0 Å². The van der Waals surface area contributed by atoms with Crippen LogP contribution in [0, 0.1) is 5.82 Å². The van der Waals surface area contributed by atoms with Gasteiger partial charge in [-0.25, -0.2) is 17.5 Å². The molecule has 0 bridgehead atoms. The summed E-state index contributed by atoms with van der Waals surface area (Å²) in [4.78, 5) is 1.07. The van der Waals surface area contributed by atoms with Gasteiger partial charge in [-0.1, -0.05) is 18.2 Å². The van der Waals surface area contributed by atoms with E-state index in [0.29, 0.717) is 15.9 Å². The number of halogens is 2. The molecule has 21 heavy (non-hydrogen) atoms. The van der Waals surface area contributed by atoms with Gasteiger partial charge in [-0.3, -0.25) is 0 Å². The van der Waals surface area contributed by atoms with Gasteiger partial charge in [-0.05, 0) is 35.1 Å². The third kappa shape index (κ3) is 4.10. The zero-order valence-electron chi connectivity index (χ0n) is 11.2. The highest BCUT2D eigenvalue weighted by molar-refractivity contribution is 9.11. The van der Waals surface area contributed by atoms with Crippen LogP contribution in [0.5, 0.6) is 0 Å². The summed E-state index contributed by atoms with van der Waals surface area (Å²) in [5, 5.41) is 2.97. The molecule has 2 rings (SSSR count). The van der Waals surface area contributed by atoms with Crippen molar-refractivity contribution in [3.63, 3.8) is 0 Å². The Morgan fingerprint density at radius 2 is 2.00 bits per heavy atom. The van der Waals surface area contributed by atoms with Crippen molar-refractivity contribution in [1.82, 2.24) is 10.0 Å². The first-order valence-electron chi connectivity index (χ1n) is 6.10. The monoisotopic (exact) mass is 392 g/mol. The lowest BCUT2D eigenvalue weighted by molar-refractivity contribution is 0.574. The van der Waals surface area contributed by atoms with E-state index in [2.05, 4.69) is 26.0 Å². The van der Waals surface area contributed by atoms with Gasteiger partial charge in [-0.2, -0.15) is 0 Å². The Morgan fingerprint density at radius 1 is 1.29 bits per heavy atom. The molecular weight excluding hydrogens is 379 g/mol. The Balaban J connectivity index is 2.17. The second-order valence-corrected chi connectivity index (χ2v) is 8.49. The highest BCUT2D eigenvalue weighted by Crippen LogP contribution is 2.31. The molecule has 0 fully saturated rings. The molecule has 2 aromatic rings. The molecule has 0 aliphatic carbocycles. The Hall–Kier alpha value is -0.800. The minimum Gasteiger partial charge on any atom is -0.315 e. The second kappa shape index (κ2) is 6.97. The van der Waals surface area contributed by atoms with E-state index in [-0.39, 0.29) is 11.4 Å². The molecule has 1 aromatic heterocycles. The molecule has 4 nitrogen and oxygen atoms in total. The van der Waals surface area contributed by atoms with E-state index in [1.807, 2.05) is 0 Å². The van der Waals surface area contributed by atoms with Gasteiger partial charge in [-0.15, -0.1) is 11.3 Å². The molecule has 0 amide bonds. The molecule has 114 valence electrons. The summed E-state index contributed by atoms with van der Waals surface area (Å²) in [5.41, 5.74) is 0.308. The average molecular weight is 393 g/mol. The van der Waals surface area contributed by atoms with Crippen LogP contribution in [0.2, 0.25) is 0 Å². The van der Waals surface area contributed by atoms with Crippen molar-refractivity contribution in [2.45, 2.75) is 18.0 Å². The molecule has 0 unspecified atom stereocenters. The van der Waals surface area contributed by atoms with Gasteiger partial charge in [0.15, 0.2) is 0 Å². The Bertz CT molecular complexity index is 732. The smallest absolute Gasteiger partial charge is 0.242 e. The molecule has 2 N–H and O–H groups in total. The van der Waals surface area contributed by atoms with Gasteiger partial charge in [0.05, 0.1) is 3.79 Å². The first-order chi connectivity index (χ1) is 9.94. The number of thiophene rings is 1. The number of benzene rings is 1. The molecule has 0 aliphatic rings.